The molecule has 20 heavy (non-hydrogen) atoms. The second kappa shape index (κ2) is 6.01. The average molecular weight is 324 g/mol. The molecule has 1 heterocycles. The van der Waals surface area contributed by atoms with Crippen LogP contribution in [0.5, 0.6) is 0 Å². The number of nitrogens with two attached hydrogens (primary N) is 3. The van der Waals surface area contributed by atoms with Crippen LogP contribution in [-0.2, 0) is 4.57 Å². The zero-order valence-corrected chi connectivity index (χ0v) is 11.5. The number of aliphatic imine (C=N–C) groups is 1. The molecule has 0 aliphatic heterocycles. The molecule has 110 valence electrons. The number of halogens is 1. The van der Waals surface area contributed by atoms with Crippen LogP contribution in [0.2, 0.25) is 5.15 Å². The molecule has 1 amide bonds. The molecule has 0 aliphatic rings. The molecule has 1 rings (SSSR count). The number of rotatable bonds is 4. The van der Waals surface area contributed by atoms with Gasteiger partial charge in [-0.15, -0.1) is 0 Å². The first kappa shape index (κ1) is 16.1. The van der Waals surface area contributed by atoms with Crippen molar-refractivity contribution in [3.63, 3.8) is 0 Å². The van der Waals surface area contributed by atoms with Crippen molar-refractivity contribution >= 4 is 42.7 Å². The molecule has 0 fully saturated rings. The quantitative estimate of drug-likeness (QED) is 0.219. The van der Waals surface area contributed by atoms with Crippen molar-refractivity contribution in [3.8, 4) is 0 Å². The number of hydrogen-bond acceptors (Lipinski definition) is 6. The summed E-state index contributed by atoms with van der Waals surface area (Å²) in [6.45, 7) is 0. The average Bonchev–Trinajstić information content (AvgIpc) is 2.27. The van der Waals surface area contributed by atoms with Gasteiger partial charge in [-0.2, -0.15) is 4.99 Å². The lowest BCUT2D eigenvalue weighted by molar-refractivity contribution is 0.0998. The number of carbonyl (C=O) groups excluding carboxylic acids is 1. The topological polar surface area (TPSA) is 203 Å². The van der Waals surface area contributed by atoms with Crippen LogP contribution in [0, 0.1) is 0 Å². The van der Waals surface area contributed by atoms with Crippen molar-refractivity contribution in [1.29, 1.82) is 0 Å². The lowest BCUT2D eigenvalue weighted by Gasteiger charge is -2.09. The van der Waals surface area contributed by atoms with Crippen LogP contribution >= 0.6 is 19.2 Å². The smallest absolute Gasteiger partial charge is 0.344 e. The third kappa shape index (κ3) is 4.63. The molecule has 1 aromatic rings. The normalized spacial score (nSPS) is 10.9. The number of nitrogen functional groups attached to an aromatic ring is 1. The number of aromatic nitrogens is 2. The van der Waals surface area contributed by atoms with Crippen molar-refractivity contribution in [2.45, 2.75) is 0 Å². The van der Waals surface area contributed by atoms with E-state index in [0.29, 0.717) is 0 Å². The van der Waals surface area contributed by atoms with Gasteiger partial charge in [0.2, 0.25) is 0 Å². The summed E-state index contributed by atoms with van der Waals surface area (Å²) in [6.07, 6.45) is -0.720. The van der Waals surface area contributed by atoms with Gasteiger partial charge in [0.15, 0.2) is 28.4 Å². The van der Waals surface area contributed by atoms with E-state index in [1.54, 1.807) is 0 Å². The van der Waals surface area contributed by atoms with Crippen LogP contribution in [0.1, 0.15) is 10.5 Å². The summed E-state index contributed by atoms with van der Waals surface area (Å²) in [6, 6.07) is 0. The van der Waals surface area contributed by atoms with E-state index >= 15 is 0 Å². The second-order valence-corrected chi connectivity index (χ2v) is 5.44. The standard InChI is InChI=1S/C7H11ClN7O4P/c8-3-5(12-1-20(17,18)19)14-4(9)2(13-3)6(16)15-7(10)11/h1H2,(H3,9,12,14)(H2,17,18,19)(H4,10,11,15,16). The largest absolute Gasteiger partial charge is 0.382 e. The van der Waals surface area contributed by atoms with Gasteiger partial charge in [-0.05, 0) is 0 Å². The lowest BCUT2D eigenvalue weighted by Crippen LogP contribution is -2.25. The van der Waals surface area contributed by atoms with Gasteiger partial charge in [-0.1, -0.05) is 11.6 Å². The third-order valence-corrected chi connectivity index (χ3v) is 2.60. The fraction of sp³-hybridized carbons (Fsp3) is 0.143. The maximum Gasteiger partial charge on any atom is 0.344 e. The molecular formula is C7H11ClN7O4P. The molecule has 0 spiro atoms. The van der Waals surface area contributed by atoms with Crippen LogP contribution in [0.25, 0.3) is 0 Å². The molecule has 11 nitrogen and oxygen atoms in total. The van der Waals surface area contributed by atoms with E-state index < -0.39 is 25.7 Å². The first-order valence-electron chi connectivity index (χ1n) is 4.85. The van der Waals surface area contributed by atoms with Crippen molar-refractivity contribution < 1.29 is 19.1 Å². The first-order chi connectivity index (χ1) is 9.10. The van der Waals surface area contributed by atoms with Gasteiger partial charge < -0.3 is 32.3 Å². The third-order valence-electron chi connectivity index (χ3n) is 1.77. The number of amides is 1. The molecule has 0 atom stereocenters. The molecule has 0 saturated carbocycles. The van der Waals surface area contributed by atoms with Crippen molar-refractivity contribution in [2.24, 2.45) is 16.5 Å². The van der Waals surface area contributed by atoms with Gasteiger partial charge >= 0.3 is 13.5 Å². The van der Waals surface area contributed by atoms with Crippen LogP contribution in [0.3, 0.4) is 0 Å². The van der Waals surface area contributed by atoms with E-state index in [2.05, 4.69) is 20.3 Å². The Morgan fingerprint density at radius 3 is 2.50 bits per heavy atom. The van der Waals surface area contributed by atoms with E-state index in [0.717, 1.165) is 0 Å². The summed E-state index contributed by atoms with van der Waals surface area (Å²) < 4.78 is 10.7. The van der Waals surface area contributed by atoms with Crippen LogP contribution in [0.4, 0.5) is 11.6 Å². The minimum atomic E-state index is -4.32. The fourth-order valence-electron chi connectivity index (χ4n) is 1.05. The number of hydrogen-bond donors (Lipinski definition) is 6. The second-order valence-electron chi connectivity index (χ2n) is 3.44. The summed E-state index contributed by atoms with van der Waals surface area (Å²) >= 11 is 5.70. The van der Waals surface area contributed by atoms with Gasteiger partial charge in [0, 0.05) is 0 Å². The fourth-order valence-corrected chi connectivity index (χ4v) is 1.60. The maximum atomic E-state index is 11.5. The summed E-state index contributed by atoms with van der Waals surface area (Å²) in [5, 5.41) is 1.94. The van der Waals surface area contributed by atoms with Gasteiger partial charge in [0.25, 0.3) is 0 Å². The summed E-state index contributed by atoms with van der Waals surface area (Å²) in [5.74, 6) is -1.97. The Hall–Kier alpha value is -1.94. The van der Waals surface area contributed by atoms with E-state index in [-0.39, 0.29) is 22.5 Å². The van der Waals surface area contributed by atoms with Gasteiger partial charge in [0.1, 0.15) is 6.29 Å². The van der Waals surface area contributed by atoms with Crippen molar-refractivity contribution in [1.82, 2.24) is 9.97 Å². The van der Waals surface area contributed by atoms with Crippen LogP contribution in [-0.4, -0.2) is 37.9 Å². The predicted molar refractivity (Wildman–Crippen MR) is 72.1 cm³/mol. The highest BCUT2D eigenvalue weighted by molar-refractivity contribution is 7.51. The molecule has 0 radical (unpaired) electrons. The number of nitrogens with one attached hydrogen (secondary N) is 1. The Balaban J connectivity index is 3.06. The Morgan fingerprint density at radius 2 is 2.00 bits per heavy atom. The van der Waals surface area contributed by atoms with Crippen LogP contribution in [0.15, 0.2) is 4.99 Å². The molecule has 0 saturated heterocycles. The number of anilines is 2. The molecule has 0 bridgehead atoms. The summed E-state index contributed by atoms with van der Waals surface area (Å²) in [7, 11) is -4.32. The van der Waals surface area contributed by atoms with Gasteiger partial charge in [-0.3, -0.25) is 9.36 Å². The highest BCUT2D eigenvalue weighted by Gasteiger charge is 2.19. The van der Waals surface area contributed by atoms with Gasteiger partial charge in [-0.25, -0.2) is 9.97 Å². The highest BCUT2D eigenvalue weighted by atomic mass is 35.5. The Morgan fingerprint density at radius 1 is 1.40 bits per heavy atom. The number of carbonyl (C=O) groups is 1. The molecule has 1 aromatic heterocycles. The van der Waals surface area contributed by atoms with Gasteiger partial charge in [0.05, 0.1) is 0 Å². The van der Waals surface area contributed by atoms with Crippen molar-refractivity contribution in [3.05, 3.63) is 10.8 Å². The zero-order valence-electron chi connectivity index (χ0n) is 9.82. The maximum absolute atomic E-state index is 11.5. The molecule has 13 heteroatoms. The Labute approximate surface area is 117 Å². The predicted octanol–water partition coefficient (Wildman–Crippen LogP) is -1.33. The molecule has 0 aliphatic carbocycles. The van der Waals surface area contributed by atoms with Crippen LogP contribution < -0.4 is 22.5 Å². The molecule has 0 unspecified atom stereocenters. The SMILES string of the molecule is NC(N)=NC(=O)c1nc(Cl)c(NCP(=O)(O)O)nc1N. The molecule has 9 N–H and O–H groups in total. The minimum absolute atomic E-state index is 0.186. The number of nitrogens with zero attached hydrogens (tertiary/aromatic N) is 3. The number of guanidine groups is 1. The van der Waals surface area contributed by atoms with E-state index in [9.17, 15) is 9.36 Å². The minimum Gasteiger partial charge on any atom is -0.382 e. The zero-order chi connectivity index (χ0) is 15.5. The lowest BCUT2D eigenvalue weighted by atomic mass is 10.4. The molecular weight excluding hydrogens is 313 g/mol. The highest BCUT2D eigenvalue weighted by Crippen LogP contribution is 2.34. The van der Waals surface area contributed by atoms with Crippen molar-refractivity contribution in [2.75, 3.05) is 17.3 Å². The summed E-state index contributed by atoms with van der Waals surface area (Å²) in [4.78, 5) is 39.4. The first-order valence-corrected chi connectivity index (χ1v) is 7.03. The monoisotopic (exact) mass is 323 g/mol. The Kier molecular flexibility index (Phi) is 4.84. The summed E-state index contributed by atoms with van der Waals surface area (Å²) in [5.41, 5.74) is 15.1. The van der Waals surface area contributed by atoms with E-state index in [4.69, 9.17) is 38.6 Å². The van der Waals surface area contributed by atoms with E-state index in [1.165, 1.54) is 0 Å². The van der Waals surface area contributed by atoms with E-state index in [1.807, 2.05) is 0 Å². The molecule has 0 aromatic carbocycles. The Bertz CT molecular complexity index is 611.